The van der Waals surface area contributed by atoms with Crippen molar-refractivity contribution in [1.82, 2.24) is 29.1 Å². The van der Waals surface area contributed by atoms with Crippen LogP contribution in [0.25, 0.3) is 5.65 Å². The molecule has 3 aromatic heterocycles. The first-order chi connectivity index (χ1) is 12.3. The fourth-order valence-electron chi connectivity index (χ4n) is 2.09. The highest BCUT2D eigenvalue weighted by molar-refractivity contribution is 7.90. The van der Waals surface area contributed by atoms with Crippen LogP contribution >= 0.6 is 11.6 Å². The van der Waals surface area contributed by atoms with Crippen molar-refractivity contribution >= 4 is 39.3 Å². The van der Waals surface area contributed by atoms with E-state index in [1.807, 2.05) is 4.72 Å². The van der Waals surface area contributed by atoms with Crippen molar-refractivity contribution in [3.05, 3.63) is 35.5 Å². The summed E-state index contributed by atoms with van der Waals surface area (Å²) in [6, 6.07) is 1.94. The molecule has 0 aliphatic rings. The largest absolute Gasteiger partial charge is 0.481 e. The van der Waals surface area contributed by atoms with Gasteiger partial charge in [-0.05, 0) is 13.0 Å². The summed E-state index contributed by atoms with van der Waals surface area (Å²) in [4.78, 5) is 27.7. The number of aromatic nitrogens is 5. The van der Waals surface area contributed by atoms with Crippen LogP contribution in [0.1, 0.15) is 5.69 Å². The third-order valence-corrected chi connectivity index (χ3v) is 4.82. The van der Waals surface area contributed by atoms with E-state index in [0.29, 0.717) is 5.69 Å². The Bertz CT molecular complexity index is 1100. The zero-order chi connectivity index (χ0) is 18.9. The molecule has 0 aliphatic carbocycles. The maximum atomic E-state index is 12.5. The molecule has 0 aromatic carbocycles. The van der Waals surface area contributed by atoms with E-state index in [1.54, 1.807) is 13.0 Å². The number of rotatable bonds is 4. The van der Waals surface area contributed by atoms with Gasteiger partial charge in [0.1, 0.15) is 12.0 Å². The highest BCUT2D eigenvalue weighted by Gasteiger charge is 2.27. The van der Waals surface area contributed by atoms with Crippen molar-refractivity contribution in [2.24, 2.45) is 0 Å². The number of anilines is 1. The Balaban J connectivity index is 1.86. The number of carbonyl (C=O) groups is 1. The summed E-state index contributed by atoms with van der Waals surface area (Å²) >= 11 is 5.90. The van der Waals surface area contributed by atoms with Crippen LogP contribution in [0.4, 0.5) is 10.7 Å². The predicted octanol–water partition coefficient (Wildman–Crippen LogP) is 1.00. The number of nitrogens with zero attached hydrogens (tertiary/aromatic N) is 5. The maximum absolute atomic E-state index is 12.5. The van der Waals surface area contributed by atoms with E-state index < -0.39 is 21.1 Å². The Hall–Kier alpha value is -2.99. The molecule has 0 aliphatic heterocycles. The molecular formula is C13H12ClN7O4S. The van der Waals surface area contributed by atoms with Gasteiger partial charge in [-0.25, -0.2) is 24.5 Å². The van der Waals surface area contributed by atoms with Crippen LogP contribution in [0.2, 0.25) is 5.15 Å². The fourth-order valence-corrected chi connectivity index (χ4v) is 3.63. The molecule has 11 nitrogen and oxygen atoms in total. The molecule has 13 heteroatoms. The number of imidazole rings is 1. The first-order valence-electron chi connectivity index (χ1n) is 7.01. The predicted molar refractivity (Wildman–Crippen MR) is 90.7 cm³/mol. The Morgan fingerprint density at radius 3 is 2.81 bits per heavy atom. The van der Waals surface area contributed by atoms with Gasteiger partial charge in [0.2, 0.25) is 16.9 Å². The van der Waals surface area contributed by atoms with Gasteiger partial charge in [0.05, 0.1) is 7.11 Å². The summed E-state index contributed by atoms with van der Waals surface area (Å²) in [5, 5.41) is 1.51. The van der Waals surface area contributed by atoms with E-state index in [0.717, 1.165) is 4.40 Å². The Morgan fingerprint density at radius 2 is 2.08 bits per heavy atom. The molecular weight excluding hydrogens is 386 g/mol. The number of carbonyl (C=O) groups excluding carboxylic acids is 1. The van der Waals surface area contributed by atoms with Gasteiger partial charge in [-0.2, -0.15) is 13.4 Å². The second kappa shape index (κ2) is 6.72. The minimum atomic E-state index is -4.34. The standard InChI is InChI=1S/C13H12ClN7O4S/c1-7-5-9(25-2)18-12(16-7)19-13(22)20-26(23,24)11-10(14)17-8-3-4-15-6-21(8)11/h3-6H,1-2H3,(H2,16,18,19,20,22). The van der Waals surface area contributed by atoms with E-state index in [-0.39, 0.29) is 22.6 Å². The SMILES string of the molecule is COc1cc(C)nc(NC(=O)NS(=O)(=O)c2c(Cl)nc3ccncn23)n1. The van der Waals surface area contributed by atoms with Gasteiger partial charge in [0.25, 0.3) is 10.0 Å². The number of amides is 2. The number of fused-ring (bicyclic) bond motifs is 1. The molecule has 0 bridgehead atoms. The molecule has 0 atom stereocenters. The highest BCUT2D eigenvalue weighted by atomic mass is 35.5. The Kier molecular flexibility index (Phi) is 4.61. The maximum Gasteiger partial charge on any atom is 0.335 e. The molecule has 0 radical (unpaired) electrons. The molecule has 0 unspecified atom stereocenters. The number of nitrogens with one attached hydrogen (secondary N) is 2. The molecule has 136 valence electrons. The zero-order valence-electron chi connectivity index (χ0n) is 13.5. The molecule has 2 N–H and O–H groups in total. The Labute approximate surface area is 152 Å². The van der Waals surface area contributed by atoms with E-state index in [9.17, 15) is 13.2 Å². The van der Waals surface area contributed by atoms with Crippen LogP contribution in [-0.4, -0.2) is 45.9 Å². The normalized spacial score (nSPS) is 11.3. The average molecular weight is 398 g/mol. The van der Waals surface area contributed by atoms with Crippen LogP contribution in [0, 0.1) is 6.92 Å². The summed E-state index contributed by atoms with van der Waals surface area (Å²) < 4.78 is 32.9. The third kappa shape index (κ3) is 3.50. The molecule has 3 rings (SSSR count). The fraction of sp³-hybridized carbons (Fsp3) is 0.154. The van der Waals surface area contributed by atoms with Gasteiger partial charge >= 0.3 is 6.03 Å². The highest BCUT2D eigenvalue weighted by Crippen LogP contribution is 2.22. The third-order valence-electron chi connectivity index (χ3n) is 3.09. The van der Waals surface area contributed by atoms with E-state index in [2.05, 4.69) is 25.3 Å². The first kappa shape index (κ1) is 17.8. The summed E-state index contributed by atoms with van der Waals surface area (Å²) in [6.45, 7) is 1.66. The summed E-state index contributed by atoms with van der Waals surface area (Å²) in [7, 11) is -2.94. The number of sulfonamides is 1. The van der Waals surface area contributed by atoms with Crippen molar-refractivity contribution in [1.29, 1.82) is 0 Å². The van der Waals surface area contributed by atoms with Gasteiger partial charge in [0, 0.05) is 18.0 Å². The van der Waals surface area contributed by atoms with Crippen LogP contribution in [0.15, 0.2) is 29.7 Å². The molecule has 0 fully saturated rings. The van der Waals surface area contributed by atoms with E-state index in [4.69, 9.17) is 16.3 Å². The first-order valence-corrected chi connectivity index (χ1v) is 8.87. The number of hydrogen-bond donors (Lipinski definition) is 2. The zero-order valence-corrected chi connectivity index (χ0v) is 15.0. The minimum Gasteiger partial charge on any atom is -0.481 e. The Morgan fingerprint density at radius 1 is 1.31 bits per heavy atom. The van der Waals surface area contributed by atoms with E-state index >= 15 is 0 Å². The molecule has 0 saturated heterocycles. The van der Waals surface area contributed by atoms with Gasteiger partial charge in [-0.3, -0.25) is 9.72 Å². The lowest BCUT2D eigenvalue weighted by atomic mass is 10.4. The van der Waals surface area contributed by atoms with Gasteiger partial charge in [0.15, 0.2) is 5.15 Å². The number of ether oxygens (including phenoxy) is 1. The van der Waals surface area contributed by atoms with Crippen molar-refractivity contribution in [3.63, 3.8) is 0 Å². The van der Waals surface area contributed by atoms with Gasteiger partial charge in [-0.1, -0.05) is 11.6 Å². The monoisotopic (exact) mass is 397 g/mol. The number of urea groups is 1. The number of methoxy groups -OCH3 is 1. The summed E-state index contributed by atoms with van der Waals surface area (Å²) in [5.41, 5.74) is 0.781. The second-order valence-corrected chi connectivity index (χ2v) is 6.91. The van der Waals surface area contributed by atoms with Crippen LogP contribution in [0.5, 0.6) is 5.88 Å². The molecule has 3 heterocycles. The van der Waals surface area contributed by atoms with Crippen molar-refractivity contribution in [2.45, 2.75) is 11.9 Å². The lowest BCUT2D eigenvalue weighted by Crippen LogP contribution is -2.35. The molecule has 0 spiro atoms. The van der Waals surface area contributed by atoms with Crippen LogP contribution in [-0.2, 0) is 10.0 Å². The van der Waals surface area contributed by atoms with Crippen LogP contribution in [0.3, 0.4) is 0 Å². The van der Waals surface area contributed by atoms with Gasteiger partial charge < -0.3 is 4.74 Å². The lowest BCUT2D eigenvalue weighted by molar-refractivity contribution is 0.256. The molecule has 0 saturated carbocycles. The van der Waals surface area contributed by atoms with Crippen LogP contribution < -0.4 is 14.8 Å². The number of hydrogen-bond acceptors (Lipinski definition) is 8. The quantitative estimate of drug-likeness (QED) is 0.664. The van der Waals surface area contributed by atoms with Crippen molar-refractivity contribution < 1.29 is 17.9 Å². The summed E-state index contributed by atoms with van der Waals surface area (Å²) in [5.74, 6) is 0.0898. The summed E-state index contributed by atoms with van der Waals surface area (Å²) in [6.07, 6.45) is 2.65. The smallest absolute Gasteiger partial charge is 0.335 e. The number of halogens is 1. The average Bonchev–Trinajstić information content (AvgIpc) is 2.89. The number of aryl methyl sites for hydroxylation is 1. The van der Waals surface area contributed by atoms with Crippen molar-refractivity contribution in [3.8, 4) is 5.88 Å². The molecule has 3 aromatic rings. The topological polar surface area (TPSA) is 140 Å². The van der Waals surface area contributed by atoms with E-state index in [1.165, 1.54) is 25.7 Å². The lowest BCUT2D eigenvalue weighted by Gasteiger charge is -2.09. The molecule has 2 amide bonds. The van der Waals surface area contributed by atoms with Crippen molar-refractivity contribution in [2.75, 3.05) is 12.4 Å². The minimum absolute atomic E-state index is 0.125. The second-order valence-electron chi connectivity index (χ2n) is 4.95. The van der Waals surface area contributed by atoms with Gasteiger partial charge in [-0.15, -0.1) is 0 Å². The molecule has 26 heavy (non-hydrogen) atoms.